The van der Waals surface area contributed by atoms with Gasteiger partial charge in [-0.05, 0) is 35.6 Å². The molecule has 1 aliphatic heterocycles. The molecular weight excluding hydrogens is 340 g/mol. The third kappa shape index (κ3) is 4.61. The molecular formula is C22H24N2O3. The number of aliphatic carboxylic acids is 1. The minimum absolute atomic E-state index is 0.00923. The first-order chi connectivity index (χ1) is 13.1. The average molecular weight is 364 g/mol. The largest absolute Gasteiger partial charge is 0.481 e. The van der Waals surface area contributed by atoms with Crippen molar-refractivity contribution in [3.05, 3.63) is 71.3 Å². The van der Waals surface area contributed by atoms with E-state index in [0.717, 1.165) is 23.3 Å². The highest BCUT2D eigenvalue weighted by Crippen LogP contribution is 2.33. The molecule has 1 atom stereocenters. The number of hydrogen-bond acceptors (Lipinski definition) is 3. The van der Waals surface area contributed by atoms with Gasteiger partial charge < -0.3 is 5.11 Å². The first-order valence-electron chi connectivity index (χ1n) is 9.34. The Bertz CT molecular complexity index is 846. The van der Waals surface area contributed by atoms with Crippen LogP contribution < -0.4 is 0 Å². The number of carbonyl (C=O) groups is 2. The van der Waals surface area contributed by atoms with Gasteiger partial charge in [0.2, 0.25) is 5.91 Å². The van der Waals surface area contributed by atoms with Gasteiger partial charge in [-0.25, -0.2) is 5.01 Å². The molecule has 2 aromatic carbocycles. The number of benzene rings is 2. The van der Waals surface area contributed by atoms with Crippen LogP contribution in [0.1, 0.15) is 55.3 Å². The van der Waals surface area contributed by atoms with Gasteiger partial charge in [-0.1, -0.05) is 55.5 Å². The van der Waals surface area contributed by atoms with Gasteiger partial charge in [0.05, 0.1) is 11.8 Å². The number of aryl methyl sites for hydroxylation is 1. The number of amides is 1. The molecule has 3 rings (SSSR count). The van der Waals surface area contributed by atoms with Crippen molar-refractivity contribution in [2.75, 3.05) is 0 Å². The van der Waals surface area contributed by atoms with E-state index in [4.69, 9.17) is 5.11 Å². The van der Waals surface area contributed by atoms with Crippen molar-refractivity contribution >= 4 is 17.6 Å². The summed E-state index contributed by atoms with van der Waals surface area (Å²) >= 11 is 0. The minimum Gasteiger partial charge on any atom is -0.481 e. The van der Waals surface area contributed by atoms with Crippen molar-refractivity contribution in [3.63, 3.8) is 0 Å². The second-order valence-electron chi connectivity index (χ2n) is 6.72. The maximum Gasteiger partial charge on any atom is 0.303 e. The molecule has 0 aromatic heterocycles. The molecule has 0 saturated heterocycles. The van der Waals surface area contributed by atoms with Crippen LogP contribution in [0.5, 0.6) is 0 Å². The van der Waals surface area contributed by atoms with E-state index >= 15 is 0 Å². The maximum atomic E-state index is 12.7. The Balaban J connectivity index is 1.85. The van der Waals surface area contributed by atoms with Crippen LogP contribution in [-0.2, 0) is 16.0 Å². The summed E-state index contributed by atoms with van der Waals surface area (Å²) in [6.45, 7) is 2.11. The lowest BCUT2D eigenvalue weighted by molar-refractivity contribution is -0.137. The number of rotatable bonds is 7. The lowest BCUT2D eigenvalue weighted by Gasteiger charge is -2.22. The predicted molar refractivity (Wildman–Crippen MR) is 104 cm³/mol. The highest BCUT2D eigenvalue weighted by molar-refractivity contribution is 6.03. The molecule has 1 amide bonds. The molecule has 27 heavy (non-hydrogen) atoms. The summed E-state index contributed by atoms with van der Waals surface area (Å²) in [5.41, 5.74) is 4.20. The number of hydrazone groups is 1. The highest BCUT2D eigenvalue weighted by Gasteiger charge is 2.32. The van der Waals surface area contributed by atoms with E-state index in [9.17, 15) is 9.59 Å². The Morgan fingerprint density at radius 1 is 1.11 bits per heavy atom. The van der Waals surface area contributed by atoms with Crippen LogP contribution >= 0.6 is 0 Å². The highest BCUT2D eigenvalue weighted by atomic mass is 16.4. The molecule has 2 aromatic rings. The summed E-state index contributed by atoms with van der Waals surface area (Å²) in [5, 5.41) is 15.0. The lowest BCUT2D eigenvalue weighted by atomic mass is 9.97. The third-order valence-electron chi connectivity index (χ3n) is 4.80. The van der Waals surface area contributed by atoms with E-state index in [-0.39, 0.29) is 24.8 Å². The predicted octanol–water partition coefficient (Wildman–Crippen LogP) is 4.18. The van der Waals surface area contributed by atoms with Crippen molar-refractivity contribution in [3.8, 4) is 0 Å². The minimum atomic E-state index is -0.885. The quantitative estimate of drug-likeness (QED) is 0.801. The Hall–Kier alpha value is -2.95. The molecule has 0 aliphatic carbocycles. The smallest absolute Gasteiger partial charge is 0.303 e. The fourth-order valence-corrected chi connectivity index (χ4v) is 3.33. The second kappa shape index (κ2) is 8.62. The van der Waals surface area contributed by atoms with Crippen LogP contribution in [0.3, 0.4) is 0 Å². The Kier molecular flexibility index (Phi) is 6.01. The average Bonchev–Trinajstić information content (AvgIpc) is 3.14. The Labute approximate surface area is 159 Å². The topological polar surface area (TPSA) is 70.0 Å². The van der Waals surface area contributed by atoms with E-state index in [2.05, 4.69) is 24.2 Å². The van der Waals surface area contributed by atoms with E-state index in [1.54, 1.807) is 5.01 Å². The Morgan fingerprint density at radius 2 is 1.89 bits per heavy atom. The number of nitrogens with zero attached hydrogens (tertiary/aromatic N) is 2. The summed E-state index contributed by atoms with van der Waals surface area (Å²) in [5.74, 6) is -1.02. The first-order valence-corrected chi connectivity index (χ1v) is 9.34. The van der Waals surface area contributed by atoms with Crippen LogP contribution in [-0.4, -0.2) is 27.7 Å². The fraction of sp³-hybridized carbons (Fsp3) is 0.318. The van der Waals surface area contributed by atoms with Gasteiger partial charge in [0.15, 0.2) is 0 Å². The molecule has 1 N–H and O–H groups in total. The SMILES string of the molecule is CCc1cccc(C2=NN(C(=O)CCCC(=O)O)[C@@H](c3ccccc3)C2)c1. The van der Waals surface area contributed by atoms with Crippen molar-refractivity contribution < 1.29 is 14.7 Å². The summed E-state index contributed by atoms with van der Waals surface area (Å²) in [6, 6.07) is 18.0. The zero-order chi connectivity index (χ0) is 19.2. The zero-order valence-electron chi connectivity index (χ0n) is 15.5. The molecule has 140 valence electrons. The van der Waals surface area contributed by atoms with Gasteiger partial charge in [-0.2, -0.15) is 5.10 Å². The van der Waals surface area contributed by atoms with Crippen molar-refractivity contribution in [1.82, 2.24) is 5.01 Å². The normalized spacial score (nSPS) is 16.3. The molecule has 0 unspecified atom stereocenters. The third-order valence-corrected chi connectivity index (χ3v) is 4.80. The van der Waals surface area contributed by atoms with E-state index < -0.39 is 5.97 Å². The molecule has 1 aliphatic rings. The zero-order valence-corrected chi connectivity index (χ0v) is 15.5. The molecule has 0 saturated carbocycles. The lowest BCUT2D eigenvalue weighted by Crippen LogP contribution is -2.26. The van der Waals surface area contributed by atoms with Gasteiger partial charge in [0.1, 0.15) is 0 Å². The van der Waals surface area contributed by atoms with Crippen LogP contribution in [0.4, 0.5) is 0 Å². The Morgan fingerprint density at radius 3 is 2.59 bits per heavy atom. The second-order valence-corrected chi connectivity index (χ2v) is 6.72. The first kappa shape index (κ1) is 18.8. The molecule has 1 heterocycles. The molecule has 5 nitrogen and oxygen atoms in total. The number of carboxylic acids is 1. The van der Waals surface area contributed by atoms with Gasteiger partial charge >= 0.3 is 5.97 Å². The van der Waals surface area contributed by atoms with Crippen LogP contribution in [0.2, 0.25) is 0 Å². The van der Waals surface area contributed by atoms with E-state index in [1.807, 2.05) is 42.5 Å². The summed E-state index contributed by atoms with van der Waals surface area (Å²) in [4.78, 5) is 23.5. The number of hydrogen-bond donors (Lipinski definition) is 1. The molecule has 0 radical (unpaired) electrons. The van der Waals surface area contributed by atoms with Gasteiger partial charge in [-0.15, -0.1) is 0 Å². The van der Waals surface area contributed by atoms with Crippen molar-refractivity contribution in [1.29, 1.82) is 0 Å². The van der Waals surface area contributed by atoms with Crippen molar-refractivity contribution in [2.24, 2.45) is 5.10 Å². The van der Waals surface area contributed by atoms with Crippen LogP contribution in [0.25, 0.3) is 0 Å². The maximum absolute atomic E-state index is 12.7. The molecule has 0 bridgehead atoms. The van der Waals surface area contributed by atoms with Gasteiger partial charge in [-0.3, -0.25) is 9.59 Å². The number of carboxylic acid groups (broad SMARTS) is 1. The number of carbonyl (C=O) groups excluding carboxylic acids is 1. The van der Waals surface area contributed by atoms with Crippen LogP contribution in [0.15, 0.2) is 59.7 Å². The summed E-state index contributed by atoms with van der Waals surface area (Å²) < 4.78 is 0. The molecule has 0 spiro atoms. The van der Waals surface area contributed by atoms with E-state index in [0.29, 0.717) is 12.8 Å². The standard InChI is InChI=1S/C22H24N2O3/c1-2-16-8-6-11-18(14-16)19-15-20(17-9-4-3-5-10-17)24(23-19)21(25)12-7-13-22(26)27/h3-6,8-11,14,20H,2,7,12-13,15H2,1H3,(H,26,27)/t20-/m1/s1. The van der Waals surface area contributed by atoms with Gasteiger partial charge in [0.25, 0.3) is 0 Å². The monoisotopic (exact) mass is 364 g/mol. The summed E-state index contributed by atoms with van der Waals surface area (Å²) in [7, 11) is 0. The fourth-order valence-electron chi connectivity index (χ4n) is 3.33. The molecule has 0 fully saturated rings. The van der Waals surface area contributed by atoms with Gasteiger partial charge in [0, 0.05) is 19.3 Å². The van der Waals surface area contributed by atoms with Crippen LogP contribution in [0, 0.1) is 0 Å². The van der Waals surface area contributed by atoms with Crippen molar-refractivity contribution in [2.45, 2.75) is 45.1 Å². The summed E-state index contributed by atoms with van der Waals surface area (Å²) in [6.07, 6.45) is 2.09. The molecule has 5 heteroatoms. The van der Waals surface area contributed by atoms with E-state index in [1.165, 1.54) is 5.56 Å².